The van der Waals surface area contributed by atoms with E-state index in [9.17, 15) is 14.7 Å². The Kier molecular flexibility index (Phi) is 15.7. The Morgan fingerprint density at radius 2 is 1.21 bits per heavy atom. The van der Waals surface area contributed by atoms with Crippen molar-refractivity contribution in [2.24, 2.45) is 11.8 Å². The molecule has 2 aliphatic heterocycles. The predicted octanol–water partition coefficient (Wildman–Crippen LogP) is 11.4. The van der Waals surface area contributed by atoms with Crippen LogP contribution < -0.4 is 0 Å². The van der Waals surface area contributed by atoms with Gasteiger partial charge in [0, 0.05) is 36.0 Å². The van der Waals surface area contributed by atoms with Gasteiger partial charge >= 0.3 is 15.4 Å². The number of piperidine rings is 2. The maximum Gasteiger partial charge on any atom is 0.410 e. The summed E-state index contributed by atoms with van der Waals surface area (Å²) < 4.78 is 10.9. The molecule has 2 aromatic rings. The Morgan fingerprint density at radius 3 is 1.66 bits per heavy atom. The highest BCUT2D eigenvalue weighted by molar-refractivity contribution is 9.69. The van der Waals surface area contributed by atoms with Gasteiger partial charge in [-0.15, -0.1) is 70.5 Å². The molecule has 2 saturated carbocycles. The van der Waals surface area contributed by atoms with E-state index in [1.165, 1.54) is 73.6 Å². The molecule has 0 radical (unpaired) electrons. The number of hydrogen-bond donors (Lipinski definition) is 1. The van der Waals surface area contributed by atoms with Gasteiger partial charge in [-0.25, -0.2) is 9.59 Å². The number of rotatable bonds is 2. The van der Waals surface area contributed by atoms with E-state index in [4.69, 9.17) is 32.7 Å². The Morgan fingerprint density at radius 1 is 0.774 bits per heavy atom. The molecule has 4 fully saturated rings. The van der Waals surface area contributed by atoms with Crippen LogP contribution >= 0.6 is 70.5 Å². The summed E-state index contributed by atoms with van der Waals surface area (Å²) in [6.45, 7) is 8.49. The molecule has 6 aliphatic rings. The second-order valence-corrected chi connectivity index (χ2v) is 22.4. The topological polar surface area (TPSA) is 79.3 Å². The third-order valence-electron chi connectivity index (χ3n) is 12.8. The van der Waals surface area contributed by atoms with Crippen LogP contribution in [0.2, 0.25) is 0 Å². The molecule has 0 unspecified atom stereocenters. The number of aryl methyl sites for hydroxylation is 1. The Balaban J connectivity index is 0.000000174. The van der Waals surface area contributed by atoms with Crippen LogP contribution in [0, 0.1) is 18.8 Å². The lowest BCUT2D eigenvalue weighted by Crippen LogP contribution is -2.62. The Hall–Kier alpha value is -1.14. The number of alkyl halides is 2. The molecule has 0 aromatic heterocycles. The third kappa shape index (κ3) is 9.21. The first kappa shape index (κ1) is 43.0. The maximum absolute atomic E-state index is 12.4. The number of halogens is 5. The monoisotopic (exact) mass is 960 g/mol. The second kappa shape index (κ2) is 19.3. The summed E-state index contributed by atoms with van der Waals surface area (Å²) >= 11 is 18.8. The largest absolute Gasteiger partial charge is 0.508 e. The molecular weight excluding hydrogens is 910 g/mol. The van der Waals surface area contributed by atoms with Gasteiger partial charge in [0.1, 0.15) is 5.75 Å². The van der Waals surface area contributed by atoms with E-state index in [2.05, 4.69) is 78.5 Å². The summed E-state index contributed by atoms with van der Waals surface area (Å²) in [6, 6.07) is 13.4. The fourth-order valence-electron chi connectivity index (χ4n) is 11.0. The van der Waals surface area contributed by atoms with E-state index in [1.807, 2.05) is 29.7 Å². The molecule has 7 nitrogen and oxygen atoms in total. The number of aromatic hydroxyl groups is 1. The van der Waals surface area contributed by atoms with Crippen molar-refractivity contribution in [3.63, 3.8) is 0 Å². The fraction of sp³-hybridized carbons (Fsp3) is 0.650. The quantitative estimate of drug-likeness (QED) is 0.240. The highest BCUT2D eigenvalue weighted by atomic mass is 79.9. The molecule has 4 aliphatic carbocycles. The van der Waals surface area contributed by atoms with Crippen LogP contribution in [0.25, 0.3) is 0 Å². The number of carbonyl (C=O) groups is 2. The van der Waals surface area contributed by atoms with Crippen molar-refractivity contribution in [3.05, 3.63) is 64.2 Å². The summed E-state index contributed by atoms with van der Waals surface area (Å²) in [5.74, 6) is 1.49. The van der Waals surface area contributed by atoms with E-state index in [0.717, 1.165) is 38.8 Å². The molecule has 4 bridgehead atoms. The van der Waals surface area contributed by atoms with Gasteiger partial charge in [-0.3, -0.25) is 0 Å². The molecule has 0 spiro atoms. The number of hydrogen-bond acceptors (Lipinski definition) is 5. The standard InChI is InChI=1S/C20H27NO2.C19H25NO3.CH2Cl2.BBr3/c1-3-23-19(22)21-11-10-20-9-5-4-6-16(20)18(21)13-15-8-7-14(2)12-17(15)20;1-2-23-18(22)20-10-9-19-8-4-3-5-15(19)17(20)11-13-6-7-14(21)12-16(13)19;2-1-3;2-1(3)4/h7-8,12,16,18H,3-6,9-11,13H2,1-2H3;6-7,12,15,17,21H,2-5,8-11H2,1H3;1H2;/t16-,18+,20+;15-,17+,19+;;/m11../s1. The van der Waals surface area contributed by atoms with Gasteiger partial charge in [-0.05, 0) is 118 Å². The first-order chi connectivity index (χ1) is 25.5. The Labute approximate surface area is 351 Å². The van der Waals surface area contributed by atoms with Crippen molar-refractivity contribution in [1.29, 1.82) is 0 Å². The van der Waals surface area contributed by atoms with Crippen LogP contribution in [0.1, 0.15) is 106 Å². The summed E-state index contributed by atoms with van der Waals surface area (Å²) in [5.41, 5.74) is 7.55. The molecule has 2 heterocycles. The number of nitrogens with zero attached hydrogens (tertiary/aromatic N) is 2. The minimum absolute atomic E-state index is 0.104. The zero-order valence-electron chi connectivity index (χ0n) is 31.2. The van der Waals surface area contributed by atoms with Crippen LogP contribution in [0.15, 0.2) is 36.4 Å². The number of phenolic OH excluding ortho intramolecular Hbond substituents is 1. The summed E-state index contributed by atoms with van der Waals surface area (Å²) in [6.07, 6.45) is 13.8. The number of phenols is 1. The molecular formula is C40H54BBr3Cl2N2O5. The molecule has 2 amide bonds. The van der Waals surface area contributed by atoms with Gasteiger partial charge in [0.05, 0.1) is 18.6 Å². The van der Waals surface area contributed by atoms with Gasteiger partial charge in [0.25, 0.3) is 0 Å². The van der Waals surface area contributed by atoms with Crippen molar-refractivity contribution < 1.29 is 24.2 Å². The smallest absolute Gasteiger partial charge is 0.410 e. The highest BCUT2D eigenvalue weighted by Crippen LogP contribution is 2.57. The zero-order valence-corrected chi connectivity index (χ0v) is 37.5. The van der Waals surface area contributed by atoms with Gasteiger partial charge in [0.2, 0.25) is 0 Å². The molecule has 2 aromatic carbocycles. The first-order valence-corrected chi connectivity index (χ1v) is 23.1. The number of fused-ring (bicyclic) bond motifs is 2. The van der Waals surface area contributed by atoms with Gasteiger partial charge in [-0.1, -0.05) is 55.5 Å². The first-order valence-electron chi connectivity index (χ1n) is 19.3. The molecule has 53 heavy (non-hydrogen) atoms. The second-order valence-electron chi connectivity index (χ2n) is 15.2. The van der Waals surface area contributed by atoms with Crippen molar-refractivity contribution in [2.45, 2.75) is 121 Å². The van der Waals surface area contributed by atoms with Crippen molar-refractivity contribution >= 4 is 85.8 Å². The van der Waals surface area contributed by atoms with E-state index >= 15 is 0 Å². The van der Waals surface area contributed by atoms with Crippen molar-refractivity contribution in [2.75, 3.05) is 31.6 Å². The lowest BCUT2D eigenvalue weighted by atomic mass is 9.52. The summed E-state index contributed by atoms with van der Waals surface area (Å²) in [4.78, 5) is 28.9. The number of benzene rings is 2. The third-order valence-corrected chi connectivity index (χ3v) is 12.8. The fourth-order valence-corrected chi connectivity index (χ4v) is 11.0. The average Bonchev–Trinajstić information content (AvgIpc) is 3.13. The molecule has 2 saturated heterocycles. The SMILES string of the molecule is BrB(Br)Br.CCOC(=O)N1CC[C@@]23CCCC[C@@H]2[C@@H]1Cc1ccc(C)cc13.CCOC(=O)N1CC[C@@]23CCCC[C@@H]2[C@@H]1Cc1ccc(O)cc13.ClCCl. The van der Waals surface area contributed by atoms with Gasteiger partial charge in [-0.2, -0.15) is 0 Å². The van der Waals surface area contributed by atoms with E-state index in [-0.39, 0.29) is 32.2 Å². The van der Waals surface area contributed by atoms with Crippen molar-refractivity contribution in [3.8, 4) is 5.75 Å². The van der Waals surface area contributed by atoms with Crippen molar-refractivity contribution in [1.82, 2.24) is 9.80 Å². The lowest BCUT2D eigenvalue weighted by molar-refractivity contribution is -0.0113. The predicted molar refractivity (Wildman–Crippen MR) is 227 cm³/mol. The minimum atomic E-state index is -0.154. The highest BCUT2D eigenvalue weighted by Gasteiger charge is 2.56. The average molecular weight is 964 g/mol. The van der Waals surface area contributed by atoms with E-state index in [0.29, 0.717) is 42.3 Å². The van der Waals surface area contributed by atoms with Crippen LogP contribution in [-0.4, -0.2) is 74.0 Å². The normalized spacial score (nSPS) is 28.6. The molecule has 292 valence electrons. The maximum atomic E-state index is 12.4. The van der Waals surface area contributed by atoms with Crippen LogP contribution in [0.5, 0.6) is 5.75 Å². The van der Waals surface area contributed by atoms with Crippen LogP contribution in [0.4, 0.5) is 9.59 Å². The summed E-state index contributed by atoms with van der Waals surface area (Å²) in [5, 5.41) is 10.2. The summed E-state index contributed by atoms with van der Waals surface area (Å²) in [7, 11) is 0. The van der Waals surface area contributed by atoms with E-state index in [1.54, 1.807) is 11.6 Å². The minimum Gasteiger partial charge on any atom is -0.508 e. The molecule has 8 rings (SSSR count). The lowest BCUT2D eigenvalue weighted by Gasteiger charge is -2.58. The van der Waals surface area contributed by atoms with Crippen LogP contribution in [-0.2, 0) is 33.1 Å². The number of amides is 2. The number of carbonyl (C=O) groups excluding carboxylic acids is 2. The zero-order chi connectivity index (χ0) is 38.3. The molecule has 6 atom stereocenters. The molecule has 13 heteroatoms. The van der Waals surface area contributed by atoms with Gasteiger partial charge in [0.15, 0.2) is 0 Å². The van der Waals surface area contributed by atoms with Gasteiger partial charge < -0.3 is 24.4 Å². The number of likely N-dealkylation sites (tertiary alicyclic amines) is 2. The molecule has 1 N–H and O–H groups in total. The van der Waals surface area contributed by atoms with Crippen LogP contribution in [0.3, 0.4) is 0 Å². The Bertz CT molecular complexity index is 1460. The number of ether oxygens (including phenoxy) is 2. The van der Waals surface area contributed by atoms with E-state index < -0.39 is 0 Å².